The molecule has 15 aliphatic rings. The normalized spacial score (nSPS) is 51.4. The lowest BCUT2D eigenvalue weighted by atomic mass is 9.47. The zero-order valence-corrected chi connectivity index (χ0v) is 56.7. The molecule has 0 spiro atoms. The largest absolute Gasteiger partial charge is 0.341 e. The molecule has 1 unspecified atom stereocenters. The van der Waals surface area contributed by atoms with Crippen LogP contribution in [0.25, 0.3) is 0 Å². The molecule has 3 heterocycles. The maximum Gasteiger partial charge on any atom is 0.240 e. The predicted octanol–water partition coefficient (Wildman–Crippen LogP) is 10.6. The van der Waals surface area contributed by atoms with Gasteiger partial charge in [0.05, 0.1) is 5.25 Å². The quantitative estimate of drug-likeness (QED) is 0.204. The average molecular weight is 1220 g/mol. The molecule has 84 heavy (non-hydrogen) atoms. The van der Waals surface area contributed by atoms with Crippen LogP contribution in [-0.4, -0.2) is 155 Å². The number of thioether (sulfide) groups is 1. The maximum atomic E-state index is 12.9. The van der Waals surface area contributed by atoms with Crippen LogP contribution in [-0.2, 0) is 35.0 Å². The molecular weight excluding hydrogens is 1100 g/mol. The molecule has 3 aliphatic heterocycles. The van der Waals surface area contributed by atoms with Crippen LogP contribution in [0.4, 0.5) is 0 Å². The molecule has 3 saturated heterocycles. The lowest BCUT2D eigenvalue weighted by molar-refractivity contribution is -0.157. The summed E-state index contributed by atoms with van der Waals surface area (Å²) in [5.74, 6) is 7.22. The Kier molecular flexibility index (Phi) is 16.1. The third kappa shape index (κ3) is 9.99. The molecule has 0 aromatic heterocycles. The second kappa shape index (κ2) is 22.0. The summed E-state index contributed by atoms with van der Waals surface area (Å²) in [5, 5.41) is 11.0. The highest BCUT2D eigenvalue weighted by Gasteiger charge is 2.67. The Morgan fingerprint density at radius 3 is 1.12 bits per heavy atom. The molecule has 0 bridgehead atoms. The van der Waals surface area contributed by atoms with Crippen LogP contribution in [0.5, 0.6) is 0 Å². The summed E-state index contributed by atoms with van der Waals surface area (Å²) in [4.78, 5) is 44.4. The van der Waals surface area contributed by atoms with Crippen LogP contribution in [0.2, 0.25) is 0 Å². The first-order valence-corrected chi connectivity index (χ1v) is 39.7. The van der Waals surface area contributed by atoms with Crippen LogP contribution < -0.4 is 16.0 Å². The Morgan fingerprint density at radius 2 is 0.774 bits per heavy atom. The van der Waals surface area contributed by atoms with Crippen LogP contribution in [0, 0.1) is 85.8 Å². The molecule has 0 radical (unpaired) electrons. The van der Waals surface area contributed by atoms with Gasteiger partial charge in [-0.1, -0.05) is 41.5 Å². The standard InChI is InChI=1S/C23H38N2O3S.C23H38N2O2S.C23H38N2OS/c1-22-12-11-17-15(16(22)8-9-19(22)24-14-5-6-14)7-10-20-23(17,2)13-18(29(4,27)28)21(26)25(20)3;1-22-12-11-17-15(16(22)8-9-19(22)24-14-5-6-14)7-10-20-23(17,2)13-18(28(4)27)21(26)25(20)3;1-22-12-11-17-15(16(22)8-9-19(22)24-14-5-6-14)7-10-20-23(17,2)13-18(27-4)21(26)25(20)3/h14-20,24H,5-13H2,1-4H3;14-20,24H,5-13H2,1-4H3;14-20,24H,5-13H2,1-4H3/t15-,16-,17-,18+,19-,20+,22-,23+;15-,16-,17-,18+,19-,20+,22-,23+,28?;15-,16-,17-,18+,19-,20+,22-,23+/m000/s1. The Bertz CT molecular complexity index is 2690. The molecule has 0 aromatic rings. The number of carbonyl (C=O) groups excluding carboxylic acids is 3. The summed E-state index contributed by atoms with van der Waals surface area (Å²) in [6.07, 6.45) is 39.0. The molecular formula is C69H114N6O6S3. The molecule has 12 saturated carbocycles. The van der Waals surface area contributed by atoms with E-state index in [-0.39, 0.29) is 39.2 Å². The number of hydrogen-bond acceptors (Lipinski definition) is 10. The van der Waals surface area contributed by atoms with Gasteiger partial charge in [0.15, 0.2) is 9.84 Å². The second-order valence-corrected chi connectivity index (χ2v) is 38.6. The van der Waals surface area contributed by atoms with E-state index in [2.05, 4.69) is 75.7 Å². The fraction of sp³-hybridized carbons (Fsp3) is 0.957. The number of nitrogens with zero attached hydrogens (tertiary/aromatic N) is 3. The zero-order chi connectivity index (χ0) is 59.6. The summed E-state index contributed by atoms with van der Waals surface area (Å²) in [7, 11) is 1.46. The van der Waals surface area contributed by atoms with Gasteiger partial charge in [0, 0.05) is 98.8 Å². The number of likely N-dealkylation sites (tertiary alicyclic amines) is 3. The number of carbonyl (C=O) groups is 3. The van der Waals surface area contributed by atoms with Crippen molar-refractivity contribution >= 4 is 50.1 Å². The van der Waals surface area contributed by atoms with Crippen molar-refractivity contribution in [3.05, 3.63) is 0 Å². The van der Waals surface area contributed by atoms with Gasteiger partial charge >= 0.3 is 0 Å². The lowest BCUT2D eigenvalue weighted by Gasteiger charge is -2.62. The van der Waals surface area contributed by atoms with Gasteiger partial charge in [-0.2, -0.15) is 11.8 Å². The van der Waals surface area contributed by atoms with Crippen LogP contribution in [0.1, 0.15) is 215 Å². The number of nitrogens with one attached hydrogen (secondary N) is 3. The SMILES string of the molecule is CN1C(=O)[C@H](S(C)(=O)=O)C[C@]2(C)[C@H]3CC[C@]4(C)[C@@H](NC5CC5)CC[C@H]4[C@@H]3CC[C@@H]12.CN1C(=O)[C@H](S(C)=O)C[C@]2(C)[C@H]3CC[C@]4(C)[C@@H](NC5CC5)CC[C@H]4[C@@H]3CC[C@@H]12.CS[C@@H]1C[C@]2(C)[C@H]3CC[C@]4(C)[C@@H](NC5CC5)CC[C@H]4[C@@H]3CC[C@H]2N(C)C1=O. The molecule has 12 aliphatic carbocycles. The van der Waals surface area contributed by atoms with Gasteiger partial charge in [0.1, 0.15) is 10.5 Å². The van der Waals surface area contributed by atoms with E-state index in [1.807, 2.05) is 23.9 Å². The highest BCUT2D eigenvalue weighted by atomic mass is 32.2. The first-order valence-electron chi connectivity index (χ1n) is 34.8. The minimum atomic E-state index is -3.38. The molecule has 3 amide bonds. The van der Waals surface area contributed by atoms with E-state index in [0.29, 0.717) is 75.9 Å². The predicted molar refractivity (Wildman–Crippen MR) is 340 cm³/mol. The smallest absolute Gasteiger partial charge is 0.240 e. The van der Waals surface area contributed by atoms with Crippen molar-refractivity contribution in [2.24, 2.45) is 85.8 Å². The Labute approximate surface area is 515 Å². The fourth-order valence-corrected chi connectivity index (χ4v) is 28.0. The third-order valence-corrected chi connectivity index (χ3v) is 33.4. The van der Waals surface area contributed by atoms with Gasteiger partial charge in [0.25, 0.3) is 0 Å². The van der Waals surface area contributed by atoms with E-state index in [9.17, 15) is 27.0 Å². The van der Waals surface area contributed by atoms with Gasteiger partial charge in [-0.05, 0) is 265 Å². The molecule has 0 aromatic carbocycles. The Balaban J connectivity index is 0.000000118. The van der Waals surface area contributed by atoms with Gasteiger partial charge in [-0.25, -0.2) is 8.42 Å². The topological polar surface area (TPSA) is 148 Å². The number of piperidine rings is 3. The average Bonchev–Trinajstić information content (AvgIpc) is 1.25. The summed E-state index contributed by atoms with van der Waals surface area (Å²) < 4.78 is 37.3. The van der Waals surface area contributed by atoms with Crippen molar-refractivity contribution in [2.75, 3.05) is 39.9 Å². The molecule has 15 heteroatoms. The van der Waals surface area contributed by atoms with Crippen molar-refractivity contribution in [3.63, 3.8) is 0 Å². The van der Waals surface area contributed by atoms with Crippen molar-refractivity contribution in [1.29, 1.82) is 0 Å². The number of amides is 3. The van der Waals surface area contributed by atoms with Gasteiger partial charge in [0.2, 0.25) is 17.7 Å². The monoisotopic (exact) mass is 1220 g/mol. The second-order valence-electron chi connectivity index (χ2n) is 33.8. The Morgan fingerprint density at radius 1 is 0.440 bits per heavy atom. The zero-order valence-electron chi connectivity index (χ0n) is 54.2. The first kappa shape index (κ1) is 61.6. The number of hydrogen-bond donors (Lipinski definition) is 3. The van der Waals surface area contributed by atoms with E-state index in [4.69, 9.17) is 0 Å². The van der Waals surface area contributed by atoms with Crippen LogP contribution in [0.15, 0.2) is 0 Å². The van der Waals surface area contributed by atoms with E-state index >= 15 is 0 Å². The highest BCUT2D eigenvalue weighted by Crippen LogP contribution is 2.69. The van der Waals surface area contributed by atoms with Crippen molar-refractivity contribution in [2.45, 2.75) is 285 Å². The van der Waals surface area contributed by atoms with Crippen molar-refractivity contribution in [1.82, 2.24) is 30.7 Å². The van der Waals surface area contributed by atoms with Crippen LogP contribution >= 0.6 is 11.8 Å². The molecule has 474 valence electrons. The van der Waals surface area contributed by atoms with Gasteiger partial charge in [-0.15, -0.1) is 0 Å². The van der Waals surface area contributed by atoms with Crippen molar-refractivity contribution < 1.29 is 27.0 Å². The summed E-state index contributed by atoms with van der Waals surface area (Å²) >= 11 is 1.78. The first-order chi connectivity index (χ1) is 39.7. The third-order valence-electron chi connectivity index (χ3n) is 29.8. The highest BCUT2D eigenvalue weighted by molar-refractivity contribution is 7.99. The van der Waals surface area contributed by atoms with Gasteiger partial charge in [-0.3, -0.25) is 18.6 Å². The molecule has 15 rings (SSSR count). The minimum Gasteiger partial charge on any atom is -0.341 e. The summed E-state index contributed by atoms with van der Waals surface area (Å²) in [6.45, 7) is 15.0. The fourth-order valence-electron chi connectivity index (χ4n) is 24.9. The molecule has 12 nitrogen and oxygen atoms in total. The molecule has 25 atom stereocenters. The lowest BCUT2D eigenvalue weighted by Crippen LogP contribution is -2.65. The molecule has 3 N–H and O–H groups in total. The summed E-state index contributed by atoms with van der Waals surface area (Å²) in [5.41, 5.74) is 1.73. The van der Waals surface area contributed by atoms with Crippen molar-refractivity contribution in [3.8, 4) is 0 Å². The minimum absolute atomic E-state index is 0.0807. The summed E-state index contributed by atoms with van der Waals surface area (Å²) in [6, 6.07) is 5.52. The van der Waals surface area contributed by atoms with E-state index in [1.54, 1.807) is 18.0 Å². The number of fused-ring (bicyclic) bond motifs is 15. The van der Waals surface area contributed by atoms with E-state index in [1.165, 1.54) is 148 Å². The van der Waals surface area contributed by atoms with Crippen LogP contribution in [0.3, 0.4) is 0 Å². The number of rotatable bonds is 9. The molecule has 15 fully saturated rings. The maximum absolute atomic E-state index is 12.9. The van der Waals surface area contributed by atoms with E-state index < -0.39 is 25.9 Å². The Hall–Kier alpha value is -1.26. The number of sulfone groups is 1. The van der Waals surface area contributed by atoms with Gasteiger partial charge < -0.3 is 30.7 Å². The van der Waals surface area contributed by atoms with E-state index in [0.717, 1.165) is 85.4 Å².